The summed E-state index contributed by atoms with van der Waals surface area (Å²) in [5.74, 6) is 0.418. The van der Waals surface area contributed by atoms with E-state index in [1.807, 2.05) is 0 Å². The summed E-state index contributed by atoms with van der Waals surface area (Å²) in [6.07, 6.45) is 0.357. The molecule has 0 bridgehead atoms. The van der Waals surface area contributed by atoms with Crippen molar-refractivity contribution in [3.05, 3.63) is 18.2 Å². The van der Waals surface area contributed by atoms with Gasteiger partial charge in [0, 0.05) is 24.7 Å². The Balaban J connectivity index is 1.91. The van der Waals surface area contributed by atoms with Gasteiger partial charge in [-0.05, 0) is 12.1 Å². The smallest absolute Gasteiger partial charge is 0.262 e. The van der Waals surface area contributed by atoms with Gasteiger partial charge in [0.05, 0.1) is 11.1 Å². The highest BCUT2D eigenvalue weighted by atomic mass is 35.5. The molecular weight excluding hydrogens is 256 g/mol. The zero-order valence-corrected chi connectivity index (χ0v) is 10.2. The van der Waals surface area contributed by atoms with Gasteiger partial charge >= 0.3 is 0 Å². The van der Waals surface area contributed by atoms with Crippen LogP contribution in [0.2, 0.25) is 0 Å². The Hall–Kier alpha value is -1.75. The lowest BCUT2D eigenvalue weighted by molar-refractivity contribution is -0.119. The van der Waals surface area contributed by atoms with Crippen LogP contribution in [0.4, 0.5) is 11.4 Å². The lowest BCUT2D eigenvalue weighted by atomic mass is 10.2. The van der Waals surface area contributed by atoms with E-state index in [4.69, 9.17) is 16.3 Å². The third-order valence-electron chi connectivity index (χ3n) is 2.99. The molecule has 5 nitrogen and oxygen atoms in total. The normalized spacial score (nSPS) is 22.5. The molecule has 1 saturated heterocycles. The van der Waals surface area contributed by atoms with Crippen LogP contribution in [0, 0.1) is 0 Å². The predicted octanol–water partition coefficient (Wildman–Crippen LogP) is 1.36. The maximum absolute atomic E-state index is 11.7. The first-order valence-electron chi connectivity index (χ1n) is 5.64. The minimum atomic E-state index is -0.173. The molecule has 2 aliphatic heterocycles. The van der Waals surface area contributed by atoms with Crippen molar-refractivity contribution in [1.82, 2.24) is 0 Å². The molecule has 94 valence electrons. The van der Waals surface area contributed by atoms with Crippen LogP contribution in [-0.2, 0) is 9.59 Å². The molecule has 0 aromatic heterocycles. The van der Waals surface area contributed by atoms with Crippen molar-refractivity contribution in [3.63, 3.8) is 0 Å². The molecule has 0 radical (unpaired) electrons. The summed E-state index contributed by atoms with van der Waals surface area (Å²) < 4.78 is 5.32. The van der Waals surface area contributed by atoms with Crippen molar-refractivity contribution in [2.45, 2.75) is 11.8 Å². The van der Waals surface area contributed by atoms with E-state index in [1.54, 1.807) is 23.1 Å². The van der Waals surface area contributed by atoms with Gasteiger partial charge in [0.2, 0.25) is 5.91 Å². The Morgan fingerprint density at radius 3 is 2.94 bits per heavy atom. The van der Waals surface area contributed by atoms with Crippen LogP contribution in [-0.4, -0.2) is 30.3 Å². The second-order valence-electron chi connectivity index (χ2n) is 4.32. The van der Waals surface area contributed by atoms with Crippen LogP contribution in [0.25, 0.3) is 0 Å². The number of amides is 2. The molecule has 2 amide bonds. The standard InChI is InChI=1S/C12H11ClN2O3/c13-7-3-12(17)15(5-7)8-1-2-9-10(4-8)18-6-11(16)14-9/h1-2,4,7H,3,5-6H2,(H,14,16). The monoisotopic (exact) mass is 266 g/mol. The van der Waals surface area contributed by atoms with Gasteiger partial charge < -0.3 is 15.0 Å². The molecule has 0 saturated carbocycles. The number of benzene rings is 1. The number of fused-ring (bicyclic) bond motifs is 1. The first kappa shape index (κ1) is 11.3. The highest BCUT2D eigenvalue weighted by molar-refractivity contribution is 6.24. The van der Waals surface area contributed by atoms with Gasteiger partial charge in [0.25, 0.3) is 5.91 Å². The molecule has 0 spiro atoms. The molecule has 2 heterocycles. The number of carbonyl (C=O) groups excluding carboxylic acids is 2. The molecule has 1 N–H and O–H groups in total. The van der Waals surface area contributed by atoms with Gasteiger partial charge in [-0.25, -0.2) is 0 Å². The van der Waals surface area contributed by atoms with Crippen molar-refractivity contribution < 1.29 is 14.3 Å². The van der Waals surface area contributed by atoms with Gasteiger partial charge in [0.1, 0.15) is 5.75 Å². The third-order valence-corrected chi connectivity index (χ3v) is 3.28. The third kappa shape index (κ3) is 1.90. The number of nitrogens with zero attached hydrogens (tertiary/aromatic N) is 1. The van der Waals surface area contributed by atoms with Crippen LogP contribution in [0.1, 0.15) is 6.42 Å². The number of nitrogens with one attached hydrogen (secondary N) is 1. The highest BCUT2D eigenvalue weighted by Gasteiger charge is 2.30. The van der Waals surface area contributed by atoms with Gasteiger partial charge in [-0.15, -0.1) is 11.6 Å². The molecule has 1 aromatic carbocycles. The molecule has 2 aliphatic rings. The van der Waals surface area contributed by atoms with Crippen LogP contribution in [0.5, 0.6) is 5.75 Å². The van der Waals surface area contributed by atoms with E-state index < -0.39 is 0 Å². The van der Waals surface area contributed by atoms with Gasteiger partial charge in [-0.1, -0.05) is 0 Å². The number of halogens is 1. The van der Waals surface area contributed by atoms with E-state index in [2.05, 4.69) is 5.32 Å². The van der Waals surface area contributed by atoms with Gasteiger partial charge in [0.15, 0.2) is 6.61 Å². The van der Waals surface area contributed by atoms with Gasteiger partial charge in [-0.3, -0.25) is 9.59 Å². The summed E-state index contributed by atoms with van der Waals surface area (Å²) in [6.45, 7) is 0.508. The molecule has 0 aliphatic carbocycles. The molecule has 1 fully saturated rings. The van der Waals surface area contributed by atoms with Crippen molar-refractivity contribution >= 4 is 34.8 Å². The summed E-state index contributed by atoms with van der Waals surface area (Å²) in [6, 6.07) is 5.26. The summed E-state index contributed by atoms with van der Waals surface area (Å²) in [4.78, 5) is 24.5. The maximum atomic E-state index is 11.7. The average Bonchev–Trinajstić information content (AvgIpc) is 2.68. The SMILES string of the molecule is O=C1COc2cc(N3CC(Cl)CC3=O)ccc2N1. The van der Waals surface area contributed by atoms with Crippen LogP contribution >= 0.6 is 11.6 Å². The topological polar surface area (TPSA) is 58.6 Å². The highest BCUT2D eigenvalue weighted by Crippen LogP contribution is 2.34. The average molecular weight is 267 g/mol. The zero-order valence-electron chi connectivity index (χ0n) is 9.48. The fourth-order valence-electron chi connectivity index (χ4n) is 2.14. The fourth-order valence-corrected chi connectivity index (χ4v) is 2.41. The maximum Gasteiger partial charge on any atom is 0.262 e. The van der Waals surface area contributed by atoms with E-state index in [0.717, 1.165) is 5.69 Å². The summed E-state index contributed by atoms with van der Waals surface area (Å²) >= 11 is 5.96. The molecule has 1 aromatic rings. The van der Waals surface area contributed by atoms with Crippen molar-refractivity contribution in [3.8, 4) is 5.75 Å². The molecule has 6 heteroatoms. The Labute approximate surface area is 109 Å². The molecule has 1 unspecified atom stereocenters. The number of hydrogen-bond acceptors (Lipinski definition) is 3. The van der Waals surface area contributed by atoms with Crippen molar-refractivity contribution in [1.29, 1.82) is 0 Å². The Kier molecular flexibility index (Phi) is 2.63. The predicted molar refractivity (Wildman–Crippen MR) is 67.2 cm³/mol. The summed E-state index contributed by atoms with van der Waals surface area (Å²) in [5, 5.41) is 2.56. The number of carbonyl (C=O) groups is 2. The number of alkyl halides is 1. The Morgan fingerprint density at radius 1 is 1.39 bits per heavy atom. The number of rotatable bonds is 1. The van der Waals surface area contributed by atoms with Crippen LogP contribution in [0.15, 0.2) is 18.2 Å². The van der Waals surface area contributed by atoms with Crippen molar-refractivity contribution in [2.75, 3.05) is 23.4 Å². The Morgan fingerprint density at radius 2 is 2.22 bits per heavy atom. The molecule has 18 heavy (non-hydrogen) atoms. The van der Waals surface area contributed by atoms with E-state index >= 15 is 0 Å². The number of ether oxygens (including phenoxy) is 1. The molecule has 3 rings (SSSR count). The van der Waals surface area contributed by atoms with E-state index in [0.29, 0.717) is 24.4 Å². The lowest BCUT2D eigenvalue weighted by Crippen LogP contribution is -2.27. The Bertz CT molecular complexity index is 532. The first-order valence-corrected chi connectivity index (χ1v) is 6.08. The number of anilines is 2. The molecule has 1 atom stereocenters. The van der Waals surface area contributed by atoms with Crippen molar-refractivity contribution in [2.24, 2.45) is 0 Å². The van der Waals surface area contributed by atoms with E-state index in [1.165, 1.54) is 0 Å². The quantitative estimate of drug-likeness (QED) is 0.781. The first-order chi connectivity index (χ1) is 8.63. The fraction of sp³-hybridized carbons (Fsp3) is 0.333. The zero-order chi connectivity index (χ0) is 12.7. The lowest BCUT2D eigenvalue weighted by Gasteiger charge is -2.21. The van der Waals surface area contributed by atoms with Crippen LogP contribution in [0.3, 0.4) is 0 Å². The van der Waals surface area contributed by atoms with Gasteiger partial charge in [-0.2, -0.15) is 0 Å². The number of hydrogen-bond donors (Lipinski definition) is 1. The second-order valence-corrected chi connectivity index (χ2v) is 4.94. The largest absolute Gasteiger partial charge is 0.482 e. The molecular formula is C12H11ClN2O3. The van der Waals surface area contributed by atoms with Crippen LogP contribution < -0.4 is 15.0 Å². The second kappa shape index (κ2) is 4.17. The van der Waals surface area contributed by atoms with E-state index in [9.17, 15) is 9.59 Å². The summed E-state index contributed by atoms with van der Waals surface area (Å²) in [5.41, 5.74) is 1.38. The minimum absolute atomic E-state index is 0.00251. The minimum Gasteiger partial charge on any atom is -0.482 e. The van der Waals surface area contributed by atoms with E-state index in [-0.39, 0.29) is 23.8 Å². The summed E-state index contributed by atoms with van der Waals surface area (Å²) in [7, 11) is 0.